The summed E-state index contributed by atoms with van der Waals surface area (Å²) in [6.07, 6.45) is 22.0. The number of hydrogen-bond acceptors (Lipinski definition) is 26. The predicted molar refractivity (Wildman–Crippen MR) is 544 cm³/mol. The quantitative estimate of drug-likeness (QED) is 0.00531. The van der Waals surface area contributed by atoms with Crippen LogP contribution in [0, 0.1) is 5.53 Å². The van der Waals surface area contributed by atoms with Gasteiger partial charge in [0.1, 0.15) is 33.0 Å². The maximum absolute atomic E-state index is 12.6. The summed E-state index contributed by atoms with van der Waals surface area (Å²) in [7, 11) is 8.13. The van der Waals surface area contributed by atoms with E-state index in [-0.39, 0.29) is 132 Å². The van der Waals surface area contributed by atoms with Gasteiger partial charge in [-0.3, -0.25) is 14.4 Å². The normalized spacial score (nSPS) is 15.3. The molecule has 3 fully saturated rings. The van der Waals surface area contributed by atoms with Gasteiger partial charge >= 0.3 is 29.6 Å². The monoisotopic (exact) mass is 2110 g/mol. The first kappa shape index (κ1) is 141. The van der Waals surface area contributed by atoms with Crippen LogP contribution in [0.25, 0.3) is 0 Å². The number of pyridine rings is 6. The molecule has 0 bridgehead atoms. The van der Waals surface area contributed by atoms with Crippen LogP contribution in [-0.4, -0.2) is 252 Å². The Kier molecular flexibility index (Phi) is 87.4. The van der Waals surface area contributed by atoms with Crippen LogP contribution in [0.3, 0.4) is 0 Å². The van der Waals surface area contributed by atoms with Crippen LogP contribution in [0.4, 0.5) is 0 Å². The van der Waals surface area contributed by atoms with Gasteiger partial charge in [-0.1, -0.05) is 28.9 Å². The number of carbonyl (C=O) groups is 2. The molecule has 0 aromatic carbocycles. The number of aliphatic hydroxyl groups is 4. The molecule has 1 amide bonds. The number of methoxy groups -OCH3 is 6. The molecular formula is C90H152BCl5N16NaO17S4Ti. The fourth-order valence-electron chi connectivity index (χ4n) is 11.4. The molecule has 0 spiro atoms. The van der Waals surface area contributed by atoms with E-state index in [1.54, 1.807) is 120 Å². The van der Waals surface area contributed by atoms with Gasteiger partial charge in [0.25, 0.3) is 0 Å². The molecule has 3 saturated heterocycles. The molecule has 0 aliphatic carbocycles. The Morgan fingerprint density at radius 2 is 0.896 bits per heavy atom. The van der Waals surface area contributed by atoms with Crippen LogP contribution < -0.4 is 68.0 Å². The van der Waals surface area contributed by atoms with Gasteiger partial charge in [-0.15, -0.1) is 46.4 Å². The third kappa shape index (κ3) is 59.0. The van der Waals surface area contributed by atoms with Crippen molar-refractivity contribution in [3.05, 3.63) is 143 Å². The first-order valence-electron chi connectivity index (χ1n) is 43.3. The number of nitrogens with one attached hydrogen (secondary N) is 3. The Hall–Kier alpha value is -4.82. The van der Waals surface area contributed by atoms with Crippen LogP contribution >= 0.6 is 58.2 Å². The topological polar surface area (TPSA) is 432 Å². The number of aliphatic hydroxyl groups excluding tert-OH is 4. The third-order valence-electron chi connectivity index (χ3n) is 17.4. The maximum atomic E-state index is 12.6. The zero-order chi connectivity index (χ0) is 101. The second kappa shape index (κ2) is 83.8. The zero-order valence-corrected chi connectivity index (χ0v) is 94.5. The summed E-state index contributed by atoms with van der Waals surface area (Å²) in [5.74, 6) is 5.57. The summed E-state index contributed by atoms with van der Waals surface area (Å²) >= 11 is 27.0. The molecule has 33 nitrogen and oxygen atoms in total. The number of amides is 1. The van der Waals surface area contributed by atoms with Gasteiger partial charge in [0, 0.05) is 185 Å². The zero-order valence-electron chi connectivity index (χ0n) is 84.9. The minimum Gasteiger partial charge on any atom is -1.00 e. The molecule has 6 aromatic heterocycles. The average Bonchev–Trinajstić information content (AvgIpc) is 1.69. The standard InChI is InChI=1S/C14H23ClN2O2S.C14H21ClN2O2S.2C14H22N2O2S.C10H12ClNO2.C10H14N2O.C6H12ClNO2.4C2H6O.B.ClHN4.Na.Ti.H/c2*1-14(2,3)20(18)17-12(8-5-9-15)11-7-6-10-16-13(11)19-4;2*1-14(2,3)19(17)16-10-6-8-12(16)11-7-5-9-15-13(11)18-4;1-14-10-8(4-3-7-12-10)9(13)5-2-6-11;1-13-10-8(4-2-7-12-10)9-5-3-6-11-9;1-8(10-2)6(9)4-3-5-7;4*1-2-3;;1-3-5-4-2;;;/h6-7,10,12,17H,5,8-9H2,1-4H3;6-7,10H,5,8-9H2,1-4H3;2*5,7,9,12H,6,8,10H2,1-4H3;3-4,7H,2,5-6H2,1H3;2,4,7,9,11H,3,5-6H2,1H3;3-5H2,1-2H3;4*3H,2H2,1H3;;2H;;;/q;;;;;;;;;;;;;+1;;-1/t12?,20-;20-;12-,19+;12-,19-;;9-;;;;;;;;;;/m0001.1........../s1. The number of hydrogen-bond donors (Lipinski definition) is 7. The van der Waals surface area contributed by atoms with E-state index in [9.17, 15) is 26.4 Å². The first-order chi connectivity index (χ1) is 62.7. The van der Waals surface area contributed by atoms with Gasteiger partial charge in [-0.25, -0.2) is 65.1 Å². The van der Waals surface area contributed by atoms with Crippen LogP contribution in [0.5, 0.6) is 35.3 Å². The number of hydroxylamine groups is 2. The second-order valence-electron chi connectivity index (χ2n) is 31.7. The molecule has 3 radical (unpaired) electrons. The van der Waals surface area contributed by atoms with Gasteiger partial charge in [-0.05, 0) is 253 Å². The summed E-state index contributed by atoms with van der Waals surface area (Å²) in [4.78, 5) is 52.1. The van der Waals surface area contributed by atoms with E-state index < -0.39 is 48.7 Å². The van der Waals surface area contributed by atoms with Crippen LogP contribution in [0.2, 0.25) is 0 Å². The minimum atomic E-state index is -1.32. The van der Waals surface area contributed by atoms with E-state index in [0.717, 1.165) is 98.4 Å². The molecule has 3 aliphatic rings. The van der Waals surface area contributed by atoms with Crippen molar-refractivity contribution in [3.63, 3.8) is 0 Å². The molecule has 45 heteroatoms. The molecule has 3 aliphatic heterocycles. The number of halogens is 5. The number of nitrogens with zero attached hydrogens (tertiary/aromatic N) is 13. The minimum absolute atomic E-state index is 0. The second-order valence-corrected chi connectivity index (χ2v) is 41.6. The molecule has 135 heavy (non-hydrogen) atoms. The summed E-state index contributed by atoms with van der Waals surface area (Å²) in [5, 5.41) is 40.0. The van der Waals surface area contributed by atoms with Crippen molar-refractivity contribution in [2.75, 3.05) is 126 Å². The van der Waals surface area contributed by atoms with E-state index in [1.807, 2.05) is 138 Å². The van der Waals surface area contributed by atoms with Crippen molar-refractivity contribution in [3.8, 4) is 35.3 Å². The van der Waals surface area contributed by atoms with E-state index in [1.165, 1.54) is 37.7 Å². The Balaban J connectivity index is -0.000000278. The van der Waals surface area contributed by atoms with Crippen LogP contribution in [0.1, 0.15) is 264 Å². The Morgan fingerprint density at radius 1 is 0.533 bits per heavy atom. The SMILES string of the molecule is CCO.CCO.CCO.CCO.CON(C)C(=O)CCCCl.COc1ncccc1C(=O)CCCCl.COc1ncccc1C(CCCCl)=N[S@@](=O)C(C)(C)C.COc1ncccc1C(CCCCl)N[S@@](=O)C(C)(C)C.COc1ncccc1[C@@H]1CCCN1[S@](=O)C(C)(C)C.COc1ncccc1[C@H]1CCCN1.COc1ncccc1[C@H]1CCCN1[S@](=O)C(C)(C)C.N=NN=NCl.[B].[H-].[Na+].[Ti]. The summed E-state index contributed by atoms with van der Waals surface area (Å²) in [5.41, 5.74) is 12.1. The van der Waals surface area contributed by atoms with E-state index in [4.69, 9.17) is 101 Å². The van der Waals surface area contributed by atoms with Crippen molar-refractivity contribution >= 4 is 128 Å². The summed E-state index contributed by atoms with van der Waals surface area (Å²) < 4.78 is 94.3. The molecule has 0 saturated carbocycles. The molecule has 9 heterocycles. The number of ether oxygens (including phenoxy) is 6. The van der Waals surface area contributed by atoms with E-state index in [2.05, 4.69) is 90.7 Å². The van der Waals surface area contributed by atoms with Crippen molar-refractivity contribution in [2.24, 2.45) is 19.5 Å². The fraction of sp³-hybridized carbons (Fsp3) is 0.633. The Bertz CT molecular complexity index is 4150. The number of aromatic nitrogens is 6. The molecule has 9 rings (SSSR count). The molecule has 8 atom stereocenters. The molecule has 761 valence electrons. The summed E-state index contributed by atoms with van der Waals surface area (Å²) in [6.45, 7) is 34.1. The predicted octanol–water partition coefficient (Wildman–Crippen LogP) is 15.0. The number of Topliss-reactive ketones (excluding diaryl/α,β-unsaturated/α-hetero) is 1. The van der Waals surface area contributed by atoms with Gasteiger partial charge in [0.2, 0.25) is 41.2 Å². The van der Waals surface area contributed by atoms with Gasteiger partial charge in [-0.2, -0.15) is 9.93 Å². The van der Waals surface area contributed by atoms with E-state index in [0.29, 0.717) is 96.6 Å². The molecule has 6 aromatic rings. The average molecular weight is 2120 g/mol. The van der Waals surface area contributed by atoms with Crippen LogP contribution in [-0.2, 0) is 75.3 Å². The maximum Gasteiger partial charge on any atom is 1.00 e. The number of alkyl halides is 4. The largest absolute Gasteiger partial charge is 1.00 e. The Morgan fingerprint density at radius 3 is 1.25 bits per heavy atom. The van der Waals surface area contributed by atoms with Crippen molar-refractivity contribution < 1.29 is 133 Å². The first-order valence-corrected chi connectivity index (χ1v) is 50.3. The fourth-order valence-corrected chi connectivity index (χ4v) is 16.5. The number of ketones is 1. The smallest absolute Gasteiger partial charge is 1.00 e. The number of rotatable bonds is 31. The van der Waals surface area contributed by atoms with Crippen LogP contribution in [0.15, 0.2) is 129 Å². The summed E-state index contributed by atoms with van der Waals surface area (Å²) in [6, 6.07) is 23.4. The number of carbonyl (C=O) groups excluding carboxylic acids is 2. The third-order valence-corrected chi connectivity index (χ3v) is 25.4. The molecule has 7 N–H and O–H groups in total. The van der Waals surface area contributed by atoms with Gasteiger partial charge < -0.3 is 55.6 Å². The van der Waals surface area contributed by atoms with Crippen molar-refractivity contribution in [2.45, 2.75) is 244 Å². The molecule has 1 unspecified atom stereocenters. The van der Waals surface area contributed by atoms with E-state index >= 15 is 0 Å². The van der Waals surface area contributed by atoms with Crippen molar-refractivity contribution in [1.82, 2.24) is 53.6 Å². The van der Waals surface area contributed by atoms with Gasteiger partial charge in [0.05, 0.1) is 120 Å². The van der Waals surface area contributed by atoms with Gasteiger partial charge in [0.15, 0.2) is 5.78 Å². The Labute approximate surface area is 880 Å². The van der Waals surface area contributed by atoms with Crippen molar-refractivity contribution in [1.29, 1.82) is 5.53 Å². The molecular weight excluding hydrogens is 1960 g/mol.